The summed E-state index contributed by atoms with van der Waals surface area (Å²) < 4.78 is 23.5. The first kappa shape index (κ1) is 24.3. The summed E-state index contributed by atoms with van der Waals surface area (Å²) in [5.74, 6) is 1.26. The monoisotopic (exact) mass is 482 g/mol. The fourth-order valence-corrected chi connectivity index (χ4v) is 4.22. The van der Waals surface area contributed by atoms with Crippen LogP contribution in [0.5, 0.6) is 0 Å². The van der Waals surface area contributed by atoms with Crippen molar-refractivity contribution in [3.8, 4) is 6.07 Å². The van der Waals surface area contributed by atoms with Crippen molar-refractivity contribution < 1.29 is 13.7 Å². The first-order valence-electron chi connectivity index (χ1n) is 9.99. The number of hydrogen-bond donors (Lipinski definition) is 3. The quantitative estimate of drug-likeness (QED) is 0.558. The number of nitrogens with one attached hydrogen (secondary N) is 2. The number of nitrogens with zero attached hydrogens (tertiary/aromatic N) is 5. The van der Waals surface area contributed by atoms with E-state index < -0.39 is 16.4 Å². The van der Waals surface area contributed by atoms with Gasteiger partial charge in [0.25, 0.3) is 0 Å². The Kier molecular flexibility index (Phi) is 8.02. The van der Waals surface area contributed by atoms with E-state index in [2.05, 4.69) is 25.7 Å². The summed E-state index contributed by atoms with van der Waals surface area (Å²) in [6, 6.07) is 2.04. The summed E-state index contributed by atoms with van der Waals surface area (Å²) in [7, 11) is 0.489. The number of rotatable bonds is 6. The lowest BCUT2D eigenvalue weighted by molar-refractivity contribution is 0.0718. The van der Waals surface area contributed by atoms with Crippen LogP contribution in [-0.2, 0) is 27.5 Å². The lowest BCUT2D eigenvalue weighted by Crippen LogP contribution is -2.34. The van der Waals surface area contributed by atoms with E-state index in [0.29, 0.717) is 23.4 Å². The molecule has 2 saturated heterocycles. The van der Waals surface area contributed by atoms with Gasteiger partial charge < -0.3 is 20.1 Å². The minimum atomic E-state index is -1.36. The molecule has 2 aromatic rings. The largest absolute Gasteiger partial charge is 0.373 e. The minimum Gasteiger partial charge on any atom is -0.373 e. The molecule has 0 bridgehead atoms. The van der Waals surface area contributed by atoms with Crippen LogP contribution in [0.15, 0.2) is 18.6 Å². The van der Waals surface area contributed by atoms with Crippen LogP contribution in [0.25, 0.3) is 0 Å². The minimum absolute atomic E-state index is 0.0427. The highest BCUT2D eigenvalue weighted by Crippen LogP contribution is 2.30. The van der Waals surface area contributed by atoms with Gasteiger partial charge in [0.15, 0.2) is 5.82 Å². The summed E-state index contributed by atoms with van der Waals surface area (Å²) in [4.78, 5) is 8.63. The Morgan fingerprint density at radius 2 is 2.22 bits per heavy atom. The third-order valence-corrected chi connectivity index (χ3v) is 6.08. The van der Waals surface area contributed by atoms with Crippen molar-refractivity contribution in [1.82, 2.24) is 19.7 Å². The molecule has 0 saturated carbocycles. The van der Waals surface area contributed by atoms with Crippen molar-refractivity contribution in [2.24, 2.45) is 17.6 Å². The fraction of sp³-hybridized carbons (Fsp3) is 0.579. The molecule has 2 fully saturated rings. The molecule has 4 rings (SSSR count). The molecule has 2 aromatic heterocycles. The van der Waals surface area contributed by atoms with Crippen molar-refractivity contribution in [3.63, 3.8) is 0 Å². The van der Waals surface area contributed by atoms with E-state index in [9.17, 15) is 4.21 Å². The van der Waals surface area contributed by atoms with Crippen LogP contribution in [0, 0.1) is 16.7 Å². The van der Waals surface area contributed by atoms with E-state index in [1.807, 2.05) is 19.3 Å². The molecule has 2 aliphatic rings. The number of fused-ring (bicyclic) bond motifs is 1. The van der Waals surface area contributed by atoms with Gasteiger partial charge in [0.2, 0.25) is 5.95 Å². The molecule has 174 valence electrons. The molecule has 13 heteroatoms. The molecule has 32 heavy (non-hydrogen) atoms. The summed E-state index contributed by atoms with van der Waals surface area (Å²) in [5, 5.41) is 24.4. The van der Waals surface area contributed by atoms with Gasteiger partial charge in [0, 0.05) is 19.9 Å². The van der Waals surface area contributed by atoms with Crippen molar-refractivity contribution in [2.75, 3.05) is 29.6 Å². The molecule has 4 atom stereocenters. The fourth-order valence-electron chi connectivity index (χ4n) is 3.30. The van der Waals surface area contributed by atoms with Gasteiger partial charge in [-0.15, -0.1) is 0 Å². The van der Waals surface area contributed by atoms with Crippen molar-refractivity contribution >= 4 is 40.0 Å². The number of ether oxygens (including phenoxy) is 2. The molecule has 0 aliphatic carbocycles. The van der Waals surface area contributed by atoms with Crippen LogP contribution >= 0.6 is 11.6 Å². The van der Waals surface area contributed by atoms with Gasteiger partial charge in [-0.05, 0) is 20.3 Å². The number of nitriles is 1. The van der Waals surface area contributed by atoms with Crippen LogP contribution in [0.4, 0.5) is 17.5 Å². The molecule has 11 nitrogen and oxygen atoms in total. The molecule has 4 N–H and O–H groups in total. The molecule has 4 unspecified atom stereocenters. The van der Waals surface area contributed by atoms with Crippen molar-refractivity contribution in [1.29, 1.82) is 5.26 Å². The van der Waals surface area contributed by atoms with E-state index >= 15 is 0 Å². The summed E-state index contributed by atoms with van der Waals surface area (Å²) in [6.07, 6.45) is 6.27. The Hall–Kier alpha value is -2.30. The molecular weight excluding hydrogens is 456 g/mol. The van der Waals surface area contributed by atoms with Gasteiger partial charge in [-0.2, -0.15) is 15.3 Å². The van der Waals surface area contributed by atoms with E-state index in [0.717, 1.165) is 18.7 Å². The van der Waals surface area contributed by atoms with Gasteiger partial charge in [0.05, 0.1) is 65.1 Å². The van der Waals surface area contributed by atoms with E-state index in [-0.39, 0.29) is 24.0 Å². The van der Waals surface area contributed by atoms with Crippen LogP contribution < -0.4 is 15.8 Å². The molecular formula is C19H27ClN8O3S. The molecule has 0 aromatic carbocycles. The van der Waals surface area contributed by atoms with Gasteiger partial charge in [0.1, 0.15) is 11.1 Å². The number of aromatic nitrogens is 4. The number of nitrogens with two attached hydrogens (primary N) is 1. The second-order valence-electron chi connectivity index (χ2n) is 8.19. The highest BCUT2D eigenvalue weighted by Gasteiger charge is 2.42. The second kappa shape index (κ2) is 10.5. The van der Waals surface area contributed by atoms with E-state index in [4.69, 9.17) is 31.5 Å². The average molecular weight is 483 g/mol. The lowest BCUT2D eigenvalue weighted by atomic mass is 10.00. The SMILES string of the molecule is CC(C)(C#N)CS(N)=O.Cn1cc(Nc2ncc(Cl)c(NC3COC4CCOC34)n2)cn1. The van der Waals surface area contributed by atoms with Gasteiger partial charge >= 0.3 is 0 Å². The standard InChI is InChI=1S/C14H17ClN6O2.C5H10N2OS/c1-21-6-8(4-17-21)18-14-16-5-9(15)13(20-14)19-10-7-23-11-2-3-22-12(10)11;1-5(2,3-6)4-9(7)8/h4-6,10-12H,2-3,7H2,1H3,(H2,16,18,19,20);4,7H2,1-2H3. The molecule has 0 spiro atoms. The zero-order valence-electron chi connectivity index (χ0n) is 18.1. The van der Waals surface area contributed by atoms with Gasteiger partial charge in [-0.3, -0.25) is 9.82 Å². The molecule has 0 amide bonds. The average Bonchev–Trinajstić information content (AvgIpc) is 3.43. The highest BCUT2D eigenvalue weighted by molar-refractivity contribution is 7.82. The maximum atomic E-state index is 10.4. The van der Waals surface area contributed by atoms with E-state index in [1.165, 1.54) is 0 Å². The Bertz CT molecular complexity index is 995. The van der Waals surface area contributed by atoms with Gasteiger partial charge in [-0.25, -0.2) is 9.19 Å². The van der Waals surface area contributed by atoms with Crippen molar-refractivity contribution in [2.45, 2.75) is 38.5 Å². The number of hydrogen-bond acceptors (Lipinski definition) is 9. The van der Waals surface area contributed by atoms with Crippen LogP contribution in [-0.4, -0.2) is 61.2 Å². The maximum Gasteiger partial charge on any atom is 0.229 e. The molecule has 2 aliphatic heterocycles. The highest BCUT2D eigenvalue weighted by atomic mass is 35.5. The third kappa shape index (κ3) is 6.60. The summed E-state index contributed by atoms with van der Waals surface area (Å²) in [6.45, 7) is 4.73. The number of aryl methyl sites for hydroxylation is 1. The lowest BCUT2D eigenvalue weighted by Gasteiger charge is -2.19. The Balaban J connectivity index is 0.000000275. The van der Waals surface area contributed by atoms with Crippen LogP contribution in [0.3, 0.4) is 0 Å². The van der Waals surface area contributed by atoms with Crippen LogP contribution in [0.2, 0.25) is 5.02 Å². The van der Waals surface area contributed by atoms with Crippen LogP contribution in [0.1, 0.15) is 20.3 Å². The first-order valence-corrected chi connectivity index (χ1v) is 11.7. The summed E-state index contributed by atoms with van der Waals surface area (Å²) >= 11 is 6.21. The van der Waals surface area contributed by atoms with E-state index in [1.54, 1.807) is 30.9 Å². The Labute approximate surface area is 194 Å². The predicted octanol–water partition coefficient (Wildman–Crippen LogP) is 1.73. The van der Waals surface area contributed by atoms with Crippen molar-refractivity contribution in [3.05, 3.63) is 23.6 Å². The molecule has 4 heterocycles. The third-order valence-electron chi connectivity index (χ3n) is 4.80. The second-order valence-corrected chi connectivity index (χ2v) is 9.64. The Morgan fingerprint density at radius 1 is 1.44 bits per heavy atom. The topological polar surface area (TPSA) is 153 Å². The number of anilines is 3. The zero-order chi connectivity index (χ0) is 23.3. The zero-order valence-corrected chi connectivity index (χ0v) is 19.7. The first-order chi connectivity index (χ1) is 15.2. The normalized spacial score (nSPS) is 22.9. The predicted molar refractivity (Wildman–Crippen MR) is 122 cm³/mol. The number of halogens is 1. The summed E-state index contributed by atoms with van der Waals surface area (Å²) in [5.41, 5.74) is 0.253. The Morgan fingerprint density at radius 3 is 2.84 bits per heavy atom. The maximum absolute atomic E-state index is 10.4. The smallest absolute Gasteiger partial charge is 0.229 e. The molecule has 0 radical (unpaired) electrons. The van der Waals surface area contributed by atoms with Gasteiger partial charge in [-0.1, -0.05) is 11.6 Å².